The highest BCUT2D eigenvalue weighted by molar-refractivity contribution is 7.13. The molecule has 0 aliphatic rings. The summed E-state index contributed by atoms with van der Waals surface area (Å²) in [7, 11) is 0. The summed E-state index contributed by atoms with van der Waals surface area (Å²) in [5, 5.41) is 14.2. The van der Waals surface area contributed by atoms with Gasteiger partial charge in [-0.1, -0.05) is 39.8 Å². The molecular formula is C21H27N2O4S-. The number of amides is 1. The van der Waals surface area contributed by atoms with E-state index in [1.165, 1.54) is 5.56 Å². The number of carbonyl (C=O) groups excluding carboxylic acids is 2. The van der Waals surface area contributed by atoms with Gasteiger partial charge in [-0.3, -0.25) is 4.79 Å². The van der Waals surface area contributed by atoms with Crippen molar-refractivity contribution in [1.29, 1.82) is 0 Å². The second kappa shape index (κ2) is 9.19. The first-order valence-electron chi connectivity index (χ1n) is 9.32. The lowest BCUT2D eigenvalue weighted by atomic mass is 9.85. The zero-order chi connectivity index (χ0) is 20.9. The van der Waals surface area contributed by atoms with Crippen LogP contribution in [-0.4, -0.2) is 30.0 Å². The van der Waals surface area contributed by atoms with Crippen LogP contribution in [0.5, 0.6) is 5.75 Å². The van der Waals surface area contributed by atoms with E-state index in [9.17, 15) is 14.7 Å². The number of hydrogen-bond acceptors (Lipinski definition) is 6. The van der Waals surface area contributed by atoms with Gasteiger partial charge in [0.2, 0.25) is 5.91 Å². The molecule has 2 rings (SSSR count). The molecule has 0 aliphatic heterocycles. The number of aromatic nitrogens is 1. The molecule has 28 heavy (non-hydrogen) atoms. The molecule has 0 fully saturated rings. The average molecular weight is 404 g/mol. The molecule has 0 radical (unpaired) electrons. The first kappa shape index (κ1) is 21.9. The Balaban J connectivity index is 1.88. The smallest absolute Gasteiger partial charge is 0.226 e. The second-order valence-corrected chi connectivity index (χ2v) is 8.70. The third-order valence-electron chi connectivity index (χ3n) is 4.28. The van der Waals surface area contributed by atoms with Crippen molar-refractivity contribution >= 4 is 23.2 Å². The van der Waals surface area contributed by atoms with E-state index in [2.05, 4.69) is 50.1 Å². The number of hydrogen-bond donors (Lipinski definition) is 1. The number of ether oxygens (including phenoxy) is 1. The Bertz CT molecular complexity index is 853. The van der Waals surface area contributed by atoms with Gasteiger partial charge in [0, 0.05) is 0 Å². The van der Waals surface area contributed by atoms with Crippen molar-refractivity contribution in [2.45, 2.75) is 52.9 Å². The number of aryl methyl sites for hydroxylation is 2. The van der Waals surface area contributed by atoms with Crippen molar-refractivity contribution in [3.05, 3.63) is 44.9 Å². The predicted octanol–water partition coefficient (Wildman–Crippen LogP) is 2.41. The van der Waals surface area contributed by atoms with E-state index in [-0.39, 0.29) is 22.6 Å². The lowest BCUT2D eigenvalue weighted by Gasteiger charge is -2.23. The molecule has 1 heterocycles. The molecule has 0 saturated heterocycles. The van der Waals surface area contributed by atoms with Gasteiger partial charge in [-0.25, -0.2) is 4.98 Å². The largest absolute Gasteiger partial charge is 0.544 e. The molecule has 0 atom stereocenters. The highest BCUT2D eigenvalue weighted by atomic mass is 32.1. The second-order valence-electron chi connectivity index (χ2n) is 7.62. The van der Waals surface area contributed by atoms with E-state index < -0.39 is 5.97 Å². The van der Waals surface area contributed by atoms with Crippen molar-refractivity contribution in [3.8, 4) is 5.75 Å². The first-order valence-corrected chi connectivity index (χ1v) is 10.1. The van der Waals surface area contributed by atoms with E-state index in [0.29, 0.717) is 23.9 Å². The van der Waals surface area contributed by atoms with Gasteiger partial charge in [0.25, 0.3) is 0 Å². The van der Waals surface area contributed by atoms with E-state index in [0.717, 1.165) is 29.1 Å². The number of thiazole rings is 1. The van der Waals surface area contributed by atoms with Gasteiger partial charge in [0.1, 0.15) is 17.4 Å². The minimum absolute atomic E-state index is 0.0385. The number of nitrogens with zero attached hydrogens (tertiary/aromatic N) is 1. The number of carboxylic acid groups (broad SMARTS) is 1. The number of carbonyl (C=O) groups is 2. The molecule has 1 amide bonds. The fourth-order valence-corrected chi connectivity index (χ4v) is 3.68. The van der Waals surface area contributed by atoms with Crippen molar-refractivity contribution in [2.24, 2.45) is 0 Å². The summed E-state index contributed by atoms with van der Waals surface area (Å²) in [6.07, 6.45) is 1.01. The number of benzene rings is 1. The van der Waals surface area contributed by atoms with E-state index in [4.69, 9.17) is 4.74 Å². The van der Waals surface area contributed by atoms with Crippen LogP contribution < -0.4 is 15.2 Å². The molecule has 6 nitrogen and oxygen atoms in total. The Kier molecular flexibility index (Phi) is 7.18. The first-order chi connectivity index (χ1) is 13.1. The summed E-state index contributed by atoms with van der Waals surface area (Å²) in [5.41, 5.74) is 2.75. The van der Waals surface area contributed by atoms with Crippen LogP contribution in [0.1, 0.15) is 59.2 Å². The van der Waals surface area contributed by atoms with E-state index >= 15 is 0 Å². The zero-order valence-electron chi connectivity index (χ0n) is 17.0. The van der Waals surface area contributed by atoms with Gasteiger partial charge in [-0.05, 0) is 36.0 Å². The molecule has 0 aliphatic carbocycles. The van der Waals surface area contributed by atoms with Crippen LogP contribution in [0.2, 0.25) is 0 Å². The van der Waals surface area contributed by atoms with E-state index in [1.807, 2.05) is 6.07 Å². The molecule has 0 spiro atoms. The van der Waals surface area contributed by atoms with Crippen LogP contribution >= 0.6 is 11.3 Å². The molecular weight excluding hydrogens is 376 g/mol. The Morgan fingerprint density at radius 3 is 2.57 bits per heavy atom. The molecule has 0 bridgehead atoms. The van der Waals surface area contributed by atoms with Gasteiger partial charge < -0.3 is 20.0 Å². The van der Waals surface area contributed by atoms with Gasteiger partial charge in [-0.2, -0.15) is 0 Å². The molecule has 0 unspecified atom stereocenters. The van der Waals surface area contributed by atoms with Crippen LogP contribution in [0.4, 0.5) is 0 Å². The van der Waals surface area contributed by atoms with Gasteiger partial charge >= 0.3 is 0 Å². The average Bonchev–Trinajstić information content (AvgIpc) is 2.98. The third-order valence-corrected chi connectivity index (χ3v) is 5.42. The Morgan fingerprint density at radius 2 is 2.00 bits per heavy atom. The van der Waals surface area contributed by atoms with Gasteiger partial charge in [0.15, 0.2) is 0 Å². The van der Waals surface area contributed by atoms with Gasteiger partial charge in [-0.15, -0.1) is 11.3 Å². The molecule has 1 aromatic carbocycles. The van der Waals surface area contributed by atoms with Crippen molar-refractivity contribution in [2.75, 3.05) is 13.2 Å². The maximum absolute atomic E-state index is 12.1. The van der Waals surface area contributed by atoms with Crippen LogP contribution in [0.3, 0.4) is 0 Å². The van der Waals surface area contributed by atoms with Crippen LogP contribution in [0.15, 0.2) is 18.2 Å². The van der Waals surface area contributed by atoms with Crippen LogP contribution in [0.25, 0.3) is 0 Å². The summed E-state index contributed by atoms with van der Waals surface area (Å²) < 4.78 is 5.90. The lowest BCUT2D eigenvalue weighted by Crippen LogP contribution is -2.29. The normalized spacial score (nSPS) is 11.3. The Hall–Kier alpha value is -2.41. The highest BCUT2D eigenvalue weighted by Gasteiger charge is 2.19. The number of carboxylic acids is 1. The summed E-state index contributed by atoms with van der Waals surface area (Å²) in [4.78, 5) is 27.2. The molecule has 2 aromatic rings. The maximum atomic E-state index is 12.1. The predicted molar refractivity (Wildman–Crippen MR) is 108 cm³/mol. The number of aromatic carboxylic acids is 1. The Morgan fingerprint density at radius 1 is 1.29 bits per heavy atom. The molecule has 1 N–H and O–H groups in total. The number of rotatable bonds is 8. The summed E-state index contributed by atoms with van der Waals surface area (Å²) in [6.45, 7) is 10.9. The highest BCUT2D eigenvalue weighted by Crippen LogP contribution is 2.32. The summed E-state index contributed by atoms with van der Waals surface area (Å²) in [6, 6.07) is 6.22. The van der Waals surface area contributed by atoms with E-state index in [1.54, 1.807) is 6.92 Å². The Labute approximate surface area is 170 Å². The molecule has 152 valence electrons. The fraction of sp³-hybridized carbons (Fsp3) is 0.476. The maximum Gasteiger partial charge on any atom is 0.226 e. The van der Waals surface area contributed by atoms with Crippen molar-refractivity contribution in [1.82, 2.24) is 10.3 Å². The fourth-order valence-electron chi connectivity index (χ4n) is 2.78. The standard InChI is InChI=1S/C21H28N2O4S/c1-6-14-7-8-16(15(11-14)21(3,4)5)27-10-9-22-17(24)12-18-23-13(2)19(28-18)20(25)26/h7-8,11H,6,9-10,12H2,1-5H3,(H,22,24)(H,25,26)/p-1. The minimum atomic E-state index is -1.26. The topological polar surface area (TPSA) is 91.3 Å². The molecule has 7 heteroatoms. The third kappa shape index (κ3) is 5.79. The van der Waals surface area contributed by atoms with Crippen LogP contribution in [0, 0.1) is 6.92 Å². The van der Waals surface area contributed by atoms with Gasteiger partial charge in [0.05, 0.1) is 29.5 Å². The van der Waals surface area contributed by atoms with Crippen molar-refractivity contribution < 1.29 is 19.4 Å². The van der Waals surface area contributed by atoms with Crippen molar-refractivity contribution in [3.63, 3.8) is 0 Å². The summed E-state index contributed by atoms with van der Waals surface area (Å²) in [5.74, 6) is -0.661. The molecule has 1 aromatic heterocycles. The lowest BCUT2D eigenvalue weighted by molar-refractivity contribution is -0.254. The van der Waals surface area contributed by atoms with Crippen LogP contribution in [-0.2, 0) is 23.1 Å². The number of nitrogens with one attached hydrogen (secondary N) is 1. The quantitative estimate of drug-likeness (QED) is 0.684. The monoisotopic (exact) mass is 403 g/mol. The molecule has 0 saturated carbocycles. The zero-order valence-corrected chi connectivity index (χ0v) is 17.9. The minimum Gasteiger partial charge on any atom is -0.544 e. The summed E-state index contributed by atoms with van der Waals surface area (Å²) >= 11 is 0.975. The SMILES string of the molecule is CCc1ccc(OCCNC(=O)Cc2nc(C)c(C(=O)[O-])s2)c(C(C)(C)C)c1.